The molecule has 1 aromatic rings. The van der Waals surface area contributed by atoms with Crippen molar-refractivity contribution in [3.05, 3.63) is 37.0 Å². The van der Waals surface area contributed by atoms with Gasteiger partial charge in [0.15, 0.2) is 0 Å². The van der Waals surface area contributed by atoms with Crippen LogP contribution >= 0.6 is 0 Å². The molecule has 1 aromatic heterocycles. The lowest BCUT2D eigenvalue weighted by Crippen LogP contribution is -1.78. The van der Waals surface area contributed by atoms with E-state index >= 15 is 0 Å². The lowest BCUT2D eigenvalue weighted by molar-refractivity contribution is 1.19. The van der Waals surface area contributed by atoms with E-state index in [1.165, 1.54) is 0 Å². The van der Waals surface area contributed by atoms with Crippen LogP contribution in [0, 0.1) is 6.92 Å². The molecule has 0 aliphatic heterocycles. The Morgan fingerprint density at radius 1 is 1.62 bits per heavy atom. The molecule has 1 heteroatoms. The quantitative estimate of drug-likeness (QED) is 0.525. The lowest BCUT2D eigenvalue weighted by atomic mass is 10.2. The second-order valence-corrected chi connectivity index (χ2v) is 1.57. The van der Waals surface area contributed by atoms with Gasteiger partial charge in [0.05, 0.1) is 0 Å². The Balaban J connectivity index is 2.83. The first kappa shape index (κ1) is 5.29. The summed E-state index contributed by atoms with van der Waals surface area (Å²) < 4.78 is 0. The van der Waals surface area contributed by atoms with Crippen LogP contribution in [-0.4, -0.2) is 4.98 Å². The van der Waals surface area contributed by atoms with Crippen molar-refractivity contribution in [2.45, 2.75) is 6.42 Å². The van der Waals surface area contributed by atoms with E-state index in [4.69, 9.17) is 6.92 Å². The molecule has 0 saturated heterocycles. The standard InChI is InChI=1S/C7H7N/c1-2-7-4-3-5-8-6-7/h1,3-6H,2H2. The average molecular weight is 105 g/mol. The summed E-state index contributed by atoms with van der Waals surface area (Å²) in [6.07, 6.45) is 4.08. The molecule has 0 aliphatic carbocycles. The van der Waals surface area contributed by atoms with Crippen LogP contribution in [0.1, 0.15) is 5.56 Å². The zero-order valence-corrected chi connectivity index (χ0v) is 4.54. The van der Waals surface area contributed by atoms with Crippen molar-refractivity contribution < 1.29 is 0 Å². The normalized spacial score (nSPS) is 9.12. The molecule has 0 fully saturated rings. The fraction of sp³-hybridized carbons (Fsp3) is 0.143. The lowest BCUT2D eigenvalue weighted by Gasteiger charge is -1.88. The molecule has 8 heavy (non-hydrogen) atoms. The Labute approximate surface area is 49.4 Å². The second kappa shape index (κ2) is 2.46. The van der Waals surface area contributed by atoms with E-state index < -0.39 is 0 Å². The van der Waals surface area contributed by atoms with E-state index in [1.54, 1.807) is 12.4 Å². The minimum atomic E-state index is 0.577. The van der Waals surface area contributed by atoms with Crippen molar-refractivity contribution >= 4 is 0 Å². The largest absolute Gasteiger partial charge is 0.264 e. The van der Waals surface area contributed by atoms with Gasteiger partial charge in [-0.2, -0.15) is 0 Å². The summed E-state index contributed by atoms with van der Waals surface area (Å²) in [5, 5.41) is 0. The van der Waals surface area contributed by atoms with Crippen LogP contribution in [0.25, 0.3) is 0 Å². The second-order valence-electron chi connectivity index (χ2n) is 1.57. The van der Waals surface area contributed by atoms with Crippen LogP contribution in [0.2, 0.25) is 0 Å². The molecule has 0 aromatic carbocycles. The molecule has 0 aliphatic rings. The van der Waals surface area contributed by atoms with Gasteiger partial charge in [-0.25, -0.2) is 0 Å². The Morgan fingerprint density at radius 2 is 2.50 bits per heavy atom. The van der Waals surface area contributed by atoms with Gasteiger partial charge in [0, 0.05) is 12.4 Å². The molecule has 0 saturated carbocycles. The molecule has 0 spiro atoms. The van der Waals surface area contributed by atoms with Crippen LogP contribution in [-0.2, 0) is 6.42 Å². The number of nitrogens with zero attached hydrogens (tertiary/aromatic N) is 1. The molecule has 0 unspecified atom stereocenters. The van der Waals surface area contributed by atoms with Crippen LogP contribution in [0.5, 0.6) is 0 Å². The Bertz CT molecular complexity index is 146. The van der Waals surface area contributed by atoms with Gasteiger partial charge in [0.1, 0.15) is 0 Å². The highest BCUT2D eigenvalue weighted by atomic mass is 14.6. The maximum atomic E-state index is 5.31. The van der Waals surface area contributed by atoms with Gasteiger partial charge in [0.2, 0.25) is 0 Å². The molecule has 1 rings (SSSR count). The molecule has 0 N–H and O–H groups in total. The molecule has 2 radical (unpaired) electrons. The van der Waals surface area contributed by atoms with Crippen LogP contribution in [0.3, 0.4) is 0 Å². The minimum absolute atomic E-state index is 0.577. The van der Waals surface area contributed by atoms with E-state index in [0.29, 0.717) is 6.42 Å². The minimum Gasteiger partial charge on any atom is -0.264 e. The van der Waals surface area contributed by atoms with Crippen molar-refractivity contribution in [3.8, 4) is 0 Å². The number of hydrogen-bond acceptors (Lipinski definition) is 1. The van der Waals surface area contributed by atoms with E-state index in [0.717, 1.165) is 5.56 Å². The first-order chi connectivity index (χ1) is 3.93. The first-order valence-corrected chi connectivity index (χ1v) is 2.52. The zero-order chi connectivity index (χ0) is 5.82. The third-order valence-electron chi connectivity index (χ3n) is 0.958. The van der Waals surface area contributed by atoms with Gasteiger partial charge in [-0.05, 0) is 25.0 Å². The third-order valence-corrected chi connectivity index (χ3v) is 0.958. The molecular weight excluding hydrogens is 98.1 g/mol. The zero-order valence-electron chi connectivity index (χ0n) is 4.54. The van der Waals surface area contributed by atoms with Gasteiger partial charge in [-0.3, -0.25) is 4.98 Å². The van der Waals surface area contributed by atoms with Crippen LogP contribution in [0.15, 0.2) is 24.5 Å². The SMILES string of the molecule is [CH]Cc1cccnc1. The highest BCUT2D eigenvalue weighted by Crippen LogP contribution is 1.93. The maximum absolute atomic E-state index is 5.31. The highest BCUT2D eigenvalue weighted by Gasteiger charge is 1.81. The summed E-state index contributed by atoms with van der Waals surface area (Å²) in [7, 11) is 0. The Morgan fingerprint density at radius 3 is 2.88 bits per heavy atom. The summed E-state index contributed by atoms with van der Waals surface area (Å²) in [5.74, 6) is 0. The summed E-state index contributed by atoms with van der Waals surface area (Å²) in [6.45, 7) is 5.31. The molecule has 1 heterocycles. The van der Waals surface area contributed by atoms with Gasteiger partial charge in [-0.15, -0.1) is 0 Å². The van der Waals surface area contributed by atoms with Crippen LogP contribution < -0.4 is 0 Å². The fourth-order valence-corrected chi connectivity index (χ4v) is 0.519. The molecular formula is C7H7N. The molecule has 0 bridgehead atoms. The van der Waals surface area contributed by atoms with E-state index in [-0.39, 0.29) is 0 Å². The smallest absolute Gasteiger partial charge is 0.0299 e. The topological polar surface area (TPSA) is 12.9 Å². The molecule has 0 atom stereocenters. The summed E-state index contributed by atoms with van der Waals surface area (Å²) in [6, 6.07) is 3.83. The maximum Gasteiger partial charge on any atom is 0.0299 e. The number of pyridine rings is 1. The van der Waals surface area contributed by atoms with Crippen molar-refractivity contribution in [3.63, 3.8) is 0 Å². The molecule has 40 valence electrons. The average Bonchev–Trinajstić information content (AvgIpc) is 1.90. The Kier molecular flexibility index (Phi) is 1.62. The number of hydrogen-bond donors (Lipinski definition) is 0. The van der Waals surface area contributed by atoms with Crippen molar-refractivity contribution in [1.82, 2.24) is 4.98 Å². The fourth-order valence-electron chi connectivity index (χ4n) is 0.519. The third kappa shape index (κ3) is 1.06. The molecule has 0 amide bonds. The van der Waals surface area contributed by atoms with E-state index in [2.05, 4.69) is 4.98 Å². The number of aromatic nitrogens is 1. The van der Waals surface area contributed by atoms with Crippen molar-refractivity contribution in [2.24, 2.45) is 0 Å². The van der Waals surface area contributed by atoms with E-state index in [1.807, 2.05) is 12.1 Å². The van der Waals surface area contributed by atoms with Crippen LogP contribution in [0.4, 0.5) is 0 Å². The predicted octanol–water partition coefficient (Wildman–Crippen LogP) is 1.34. The summed E-state index contributed by atoms with van der Waals surface area (Å²) in [5.41, 5.74) is 1.08. The van der Waals surface area contributed by atoms with Gasteiger partial charge in [0.25, 0.3) is 0 Å². The highest BCUT2D eigenvalue weighted by molar-refractivity contribution is 5.08. The first-order valence-electron chi connectivity index (χ1n) is 2.52. The van der Waals surface area contributed by atoms with Crippen molar-refractivity contribution in [2.75, 3.05) is 0 Å². The summed E-state index contributed by atoms with van der Waals surface area (Å²) in [4.78, 5) is 3.88. The molecule has 1 nitrogen and oxygen atoms in total. The number of rotatable bonds is 1. The van der Waals surface area contributed by atoms with Gasteiger partial charge in [-0.1, -0.05) is 6.07 Å². The van der Waals surface area contributed by atoms with Gasteiger partial charge >= 0.3 is 0 Å². The Hall–Kier alpha value is -0.850. The van der Waals surface area contributed by atoms with Gasteiger partial charge < -0.3 is 0 Å². The van der Waals surface area contributed by atoms with E-state index in [9.17, 15) is 0 Å². The monoisotopic (exact) mass is 105 g/mol. The van der Waals surface area contributed by atoms with Crippen molar-refractivity contribution in [1.29, 1.82) is 0 Å². The summed E-state index contributed by atoms with van der Waals surface area (Å²) >= 11 is 0. The predicted molar refractivity (Wildman–Crippen MR) is 32.2 cm³/mol.